The average molecular weight is 334 g/mol. The van der Waals surface area contributed by atoms with Crippen molar-refractivity contribution >= 4 is 29.0 Å². The number of halogens is 1. The SMILES string of the molecule is COCCCNc1ccc(C(=O)Nc2cccc(Cl)c2C)cn1. The summed E-state index contributed by atoms with van der Waals surface area (Å²) in [5, 5.41) is 6.64. The standard InChI is InChI=1S/C17H20ClN3O2/c1-12-14(18)5-3-6-15(12)21-17(22)13-7-8-16(20-11-13)19-9-4-10-23-2/h3,5-8,11H,4,9-10H2,1-2H3,(H,19,20)(H,21,22). The van der Waals surface area contributed by atoms with E-state index < -0.39 is 0 Å². The highest BCUT2D eigenvalue weighted by atomic mass is 35.5. The number of pyridine rings is 1. The number of amides is 1. The maximum atomic E-state index is 12.3. The van der Waals surface area contributed by atoms with Crippen molar-refractivity contribution in [3.8, 4) is 0 Å². The van der Waals surface area contributed by atoms with Crippen molar-refractivity contribution in [2.45, 2.75) is 13.3 Å². The van der Waals surface area contributed by atoms with Crippen LogP contribution in [0.3, 0.4) is 0 Å². The smallest absolute Gasteiger partial charge is 0.257 e. The van der Waals surface area contributed by atoms with Gasteiger partial charge in [0.2, 0.25) is 0 Å². The van der Waals surface area contributed by atoms with Crippen LogP contribution in [0.1, 0.15) is 22.3 Å². The maximum Gasteiger partial charge on any atom is 0.257 e. The van der Waals surface area contributed by atoms with Crippen molar-refractivity contribution in [3.63, 3.8) is 0 Å². The van der Waals surface area contributed by atoms with Gasteiger partial charge in [-0.25, -0.2) is 4.98 Å². The Bertz CT molecular complexity index is 659. The zero-order valence-electron chi connectivity index (χ0n) is 13.2. The minimum atomic E-state index is -0.214. The largest absolute Gasteiger partial charge is 0.385 e. The van der Waals surface area contributed by atoms with Crippen molar-refractivity contribution < 1.29 is 9.53 Å². The number of carbonyl (C=O) groups excluding carboxylic acids is 1. The lowest BCUT2D eigenvalue weighted by atomic mass is 10.2. The topological polar surface area (TPSA) is 63.2 Å². The van der Waals surface area contributed by atoms with E-state index in [1.165, 1.54) is 0 Å². The van der Waals surface area contributed by atoms with Gasteiger partial charge in [-0.1, -0.05) is 17.7 Å². The number of nitrogens with zero attached hydrogens (tertiary/aromatic N) is 1. The summed E-state index contributed by atoms with van der Waals surface area (Å²) in [5.41, 5.74) is 2.03. The van der Waals surface area contributed by atoms with Crippen LogP contribution in [0.4, 0.5) is 11.5 Å². The lowest BCUT2D eigenvalue weighted by Crippen LogP contribution is -2.13. The van der Waals surface area contributed by atoms with Gasteiger partial charge in [0.05, 0.1) is 5.56 Å². The fraction of sp³-hybridized carbons (Fsp3) is 0.294. The highest BCUT2D eigenvalue weighted by Gasteiger charge is 2.09. The minimum absolute atomic E-state index is 0.214. The third-order valence-electron chi connectivity index (χ3n) is 3.37. The van der Waals surface area contributed by atoms with E-state index >= 15 is 0 Å². The van der Waals surface area contributed by atoms with Gasteiger partial charge in [-0.2, -0.15) is 0 Å². The molecule has 0 fully saturated rings. The quantitative estimate of drug-likeness (QED) is 0.758. The minimum Gasteiger partial charge on any atom is -0.385 e. The molecule has 0 aliphatic carbocycles. The molecule has 0 unspecified atom stereocenters. The second-order valence-electron chi connectivity index (χ2n) is 5.07. The summed E-state index contributed by atoms with van der Waals surface area (Å²) in [6.07, 6.45) is 2.45. The number of nitrogens with one attached hydrogen (secondary N) is 2. The molecule has 2 N–H and O–H groups in total. The second-order valence-corrected chi connectivity index (χ2v) is 5.48. The molecular weight excluding hydrogens is 314 g/mol. The van der Waals surface area contributed by atoms with Gasteiger partial charge in [-0.15, -0.1) is 0 Å². The molecule has 0 aliphatic rings. The van der Waals surface area contributed by atoms with Gasteiger partial charge >= 0.3 is 0 Å². The third-order valence-corrected chi connectivity index (χ3v) is 3.78. The molecular formula is C17H20ClN3O2. The Morgan fingerprint density at radius 1 is 1.30 bits per heavy atom. The van der Waals surface area contributed by atoms with Crippen LogP contribution in [0.2, 0.25) is 5.02 Å². The molecule has 0 saturated carbocycles. The summed E-state index contributed by atoms with van der Waals surface area (Å²) in [7, 11) is 1.67. The molecule has 0 aliphatic heterocycles. The van der Waals surface area contributed by atoms with Gasteiger partial charge in [0, 0.05) is 37.2 Å². The molecule has 122 valence electrons. The first kappa shape index (κ1) is 17.2. The Hall–Kier alpha value is -2.11. The Kier molecular flexibility index (Phi) is 6.38. The van der Waals surface area contributed by atoms with Gasteiger partial charge in [-0.05, 0) is 43.2 Å². The van der Waals surface area contributed by atoms with Crippen molar-refractivity contribution in [1.29, 1.82) is 0 Å². The predicted molar refractivity (Wildman–Crippen MR) is 93.4 cm³/mol. The van der Waals surface area contributed by atoms with Gasteiger partial charge in [-0.3, -0.25) is 4.79 Å². The fourth-order valence-electron chi connectivity index (χ4n) is 2.00. The van der Waals surface area contributed by atoms with Crippen molar-refractivity contribution in [2.75, 3.05) is 30.9 Å². The van der Waals surface area contributed by atoms with E-state index in [2.05, 4.69) is 15.6 Å². The molecule has 5 nitrogen and oxygen atoms in total. The summed E-state index contributed by atoms with van der Waals surface area (Å²) in [6.45, 7) is 3.34. The van der Waals surface area contributed by atoms with Gasteiger partial charge in [0.25, 0.3) is 5.91 Å². The molecule has 2 aromatic rings. The first-order chi connectivity index (χ1) is 11.1. The Morgan fingerprint density at radius 2 is 2.13 bits per heavy atom. The number of hydrogen-bond donors (Lipinski definition) is 2. The number of benzene rings is 1. The summed E-state index contributed by atoms with van der Waals surface area (Å²) in [5.74, 6) is 0.519. The van der Waals surface area contributed by atoms with Crippen molar-refractivity contribution in [3.05, 3.63) is 52.7 Å². The zero-order chi connectivity index (χ0) is 16.7. The van der Waals surface area contributed by atoms with Crippen LogP contribution in [0.25, 0.3) is 0 Å². The molecule has 6 heteroatoms. The maximum absolute atomic E-state index is 12.3. The summed E-state index contributed by atoms with van der Waals surface area (Å²) in [4.78, 5) is 16.5. The number of hydrogen-bond acceptors (Lipinski definition) is 4. The molecule has 1 aromatic heterocycles. The third kappa shape index (κ3) is 4.94. The molecule has 0 radical (unpaired) electrons. The van der Waals surface area contributed by atoms with Crippen LogP contribution in [-0.4, -0.2) is 31.2 Å². The summed E-state index contributed by atoms with van der Waals surface area (Å²) < 4.78 is 4.98. The summed E-state index contributed by atoms with van der Waals surface area (Å²) in [6, 6.07) is 8.93. The molecule has 2 rings (SSSR count). The van der Waals surface area contributed by atoms with Crippen LogP contribution in [-0.2, 0) is 4.74 Å². The number of aromatic nitrogens is 1. The monoisotopic (exact) mass is 333 g/mol. The molecule has 23 heavy (non-hydrogen) atoms. The van der Waals surface area contributed by atoms with Gasteiger partial charge in [0.15, 0.2) is 0 Å². The van der Waals surface area contributed by atoms with Crippen LogP contribution >= 0.6 is 11.6 Å². The molecule has 1 heterocycles. The first-order valence-electron chi connectivity index (χ1n) is 7.37. The lowest BCUT2D eigenvalue weighted by Gasteiger charge is -2.10. The second kappa shape index (κ2) is 8.50. The van der Waals surface area contributed by atoms with Crippen molar-refractivity contribution in [2.24, 2.45) is 0 Å². The normalized spacial score (nSPS) is 10.4. The van der Waals surface area contributed by atoms with E-state index in [-0.39, 0.29) is 5.91 Å². The lowest BCUT2D eigenvalue weighted by molar-refractivity contribution is 0.102. The Balaban J connectivity index is 1.96. The average Bonchev–Trinajstić information content (AvgIpc) is 2.56. The Labute approximate surface area is 141 Å². The Morgan fingerprint density at radius 3 is 2.83 bits per heavy atom. The summed E-state index contributed by atoms with van der Waals surface area (Å²) >= 11 is 6.05. The number of methoxy groups -OCH3 is 1. The molecule has 0 saturated heterocycles. The molecule has 0 atom stereocenters. The number of rotatable bonds is 7. The van der Waals surface area contributed by atoms with Crippen molar-refractivity contribution in [1.82, 2.24) is 4.98 Å². The van der Waals surface area contributed by atoms with E-state index in [1.807, 2.05) is 13.0 Å². The zero-order valence-corrected chi connectivity index (χ0v) is 14.0. The van der Waals surface area contributed by atoms with Crippen LogP contribution < -0.4 is 10.6 Å². The van der Waals surface area contributed by atoms with E-state index in [4.69, 9.17) is 16.3 Å². The predicted octanol–water partition coefficient (Wildman–Crippen LogP) is 3.74. The molecule has 1 aromatic carbocycles. The van der Waals surface area contributed by atoms with Gasteiger partial charge in [0.1, 0.15) is 5.82 Å². The fourth-order valence-corrected chi connectivity index (χ4v) is 2.18. The van der Waals surface area contributed by atoms with E-state index in [0.717, 1.165) is 24.3 Å². The van der Waals surface area contributed by atoms with E-state index in [1.54, 1.807) is 37.6 Å². The van der Waals surface area contributed by atoms with Crippen LogP contribution in [0, 0.1) is 6.92 Å². The highest BCUT2D eigenvalue weighted by molar-refractivity contribution is 6.31. The highest BCUT2D eigenvalue weighted by Crippen LogP contribution is 2.23. The molecule has 0 spiro atoms. The van der Waals surface area contributed by atoms with Gasteiger partial charge < -0.3 is 15.4 Å². The van der Waals surface area contributed by atoms with E-state index in [9.17, 15) is 4.79 Å². The van der Waals surface area contributed by atoms with Crippen LogP contribution in [0.15, 0.2) is 36.5 Å². The number of carbonyl (C=O) groups is 1. The first-order valence-corrected chi connectivity index (χ1v) is 7.75. The number of anilines is 2. The molecule has 0 bridgehead atoms. The van der Waals surface area contributed by atoms with Crippen LogP contribution in [0.5, 0.6) is 0 Å². The van der Waals surface area contributed by atoms with E-state index in [0.29, 0.717) is 22.9 Å². The number of ether oxygens (including phenoxy) is 1. The molecule has 1 amide bonds.